The van der Waals surface area contributed by atoms with Crippen LogP contribution < -0.4 is 0 Å². The molecule has 0 radical (unpaired) electrons. The quantitative estimate of drug-likeness (QED) is 0.494. The van der Waals surface area contributed by atoms with Gasteiger partial charge in [0.2, 0.25) is 11.8 Å². The number of hydrogen-bond acceptors (Lipinski definition) is 8. The Labute approximate surface area is 210 Å². The Balaban J connectivity index is 1.21. The molecule has 1 aliphatic heterocycles. The van der Waals surface area contributed by atoms with E-state index in [1.807, 2.05) is 18.0 Å². The predicted molar refractivity (Wildman–Crippen MR) is 125 cm³/mol. The molecule has 4 heterocycles. The number of alkyl halides is 3. The van der Waals surface area contributed by atoms with Gasteiger partial charge in [-0.05, 0) is 24.6 Å². The van der Waals surface area contributed by atoms with Crippen molar-refractivity contribution in [3.63, 3.8) is 0 Å². The van der Waals surface area contributed by atoms with E-state index in [4.69, 9.17) is 0 Å². The standard InChI is InChI=1S/C24H25F3N8O2/c1-2-21(36)34-10-8-33(9-11-34)19-5-3-4-16(12-19)20-15-35(32-29-20)14-18-7-6-17(13-28-18)22-30-31-23(37-22)24(25,26)27/h3,5-7,12-13,15-16H,2,4,8-11,14H2,1H3. The second kappa shape index (κ2) is 10.1. The highest BCUT2D eigenvalue weighted by Gasteiger charge is 2.38. The van der Waals surface area contributed by atoms with E-state index in [0.29, 0.717) is 18.7 Å². The number of rotatable bonds is 6. The van der Waals surface area contributed by atoms with Gasteiger partial charge in [-0.1, -0.05) is 24.3 Å². The lowest BCUT2D eigenvalue weighted by molar-refractivity contribution is -0.157. The van der Waals surface area contributed by atoms with E-state index in [9.17, 15) is 18.0 Å². The number of piperazine rings is 1. The third-order valence-corrected chi connectivity index (χ3v) is 6.35. The fourth-order valence-corrected chi connectivity index (χ4v) is 4.35. The molecule has 37 heavy (non-hydrogen) atoms. The molecule has 2 aliphatic rings. The minimum absolute atomic E-state index is 0.0831. The molecule has 5 rings (SSSR count). The molecule has 13 heteroatoms. The first-order valence-electron chi connectivity index (χ1n) is 12.0. The Hall–Kier alpha value is -4.03. The van der Waals surface area contributed by atoms with Gasteiger partial charge < -0.3 is 14.2 Å². The number of nitrogens with zero attached hydrogens (tertiary/aromatic N) is 8. The Morgan fingerprint density at radius 3 is 2.62 bits per heavy atom. The Bertz CT molecular complexity index is 1300. The van der Waals surface area contributed by atoms with Gasteiger partial charge in [0.1, 0.15) is 0 Å². The number of hydrogen-bond donors (Lipinski definition) is 0. The number of pyridine rings is 1. The third-order valence-electron chi connectivity index (χ3n) is 6.35. The first kappa shape index (κ1) is 24.7. The highest BCUT2D eigenvalue weighted by Crippen LogP contribution is 2.30. The molecule has 0 spiro atoms. The van der Waals surface area contributed by atoms with Crippen molar-refractivity contribution in [2.75, 3.05) is 26.2 Å². The Morgan fingerprint density at radius 1 is 1.14 bits per heavy atom. The second-order valence-corrected chi connectivity index (χ2v) is 8.85. The molecule has 0 aromatic carbocycles. The summed E-state index contributed by atoms with van der Waals surface area (Å²) in [6.07, 6.45) is 6.34. The van der Waals surface area contributed by atoms with Crippen LogP contribution in [0.3, 0.4) is 0 Å². The summed E-state index contributed by atoms with van der Waals surface area (Å²) < 4.78 is 44.4. The Morgan fingerprint density at radius 2 is 1.95 bits per heavy atom. The lowest BCUT2D eigenvalue weighted by Gasteiger charge is -2.37. The van der Waals surface area contributed by atoms with E-state index in [2.05, 4.69) is 53.0 Å². The van der Waals surface area contributed by atoms with Crippen molar-refractivity contribution < 1.29 is 22.4 Å². The van der Waals surface area contributed by atoms with Gasteiger partial charge in [-0.2, -0.15) is 13.2 Å². The van der Waals surface area contributed by atoms with Crippen LogP contribution in [-0.2, 0) is 17.5 Å². The minimum atomic E-state index is -4.70. The van der Waals surface area contributed by atoms with E-state index in [0.717, 1.165) is 44.0 Å². The molecule has 0 N–H and O–H groups in total. The van der Waals surface area contributed by atoms with E-state index < -0.39 is 12.1 Å². The summed E-state index contributed by atoms with van der Waals surface area (Å²) in [6, 6.07) is 3.24. The maximum absolute atomic E-state index is 12.7. The van der Waals surface area contributed by atoms with Crippen molar-refractivity contribution in [3.05, 3.63) is 65.7 Å². The van der Waals surface area contributed by atoms with Gasteiger partial charge >= 0.3 is 12.1 Å². The van der Waals surface area contributed by atoms with E-state index in [1.54, 1.807) is 16.8 Å². The van der Waals surface area contributed by atoms with Gasteiger partial charge in [-0.15, -0.1) is 15.3 Å². The molecule has 1 unspecified atom stereocenters. The zero-order valence-corrected chi connectivity index (χ0v) is 20.1. The van der Waals surface area contributed by atoms with E-state index >= 15 is 0 Å². The number of amides is 1. The van der Waals surface area contributed by atoms with E-state index in [-0.39, 0.29) is 23.3 Å². The highest BCUT2D eigenvalue weighted by atomic mass is 19.4. The first-order chi connectivity index (χ1) is 17.8. The lowest BCUT2D eigenvalue weighted by atomic mass is 9.95. The van der Waals surface area contributed by atoms with Crippen LogP contribution in [0.4, 0.5) is 13.2 Å². The molecule has 1 atom stereocenters. The van der Waals surface area contributed by atoms with Crippen molar-refractivity contribution in [2.24, 2.45) is 0 Å². The fraction of sp³-hybridized carbons (Fsp3) is 0.417. The SMILES string of the molecule is CCC(=O)N1CCN(C2=CC(c3cn(Cc4ccc(-c5nnc(C(F)(F)F)o5)cn4)nn3)CC=C2)CC1. The normalized spacial score (nSPS) is 18.3. The summed E-state index contributed by atoms with van der Waals surface area (Å²) in [7, 11) is 0. The molecule has 10 nitrogen and oxygen atoms in total. The third kappa shape index (κ3) is 5.54. The zero-order chi connectivity index (χ0) is 26.0. The highest BCUT2D eigenvalue weighted by molar-refractivity contribution is 5.75. The summed E-state index contributed by atoms with van der Waals surface area (Å²) >= 11 is 0. The van der Waals surface area contributed by atoms with Crippen molar-refractivity contribution in [2.45, 2.75) is 38.4 Å². The van der Waals surface area contributed by atoms with Gasteiger partial charge in [-0.3, -0.25) is 9.78 Å². The van der Waals surface area contributed by atoms with Gasteiger partial charge in [0.25, 0.3) is 0 Å². The van der Waals surface area contributed by atoms with Crippen molar-refractivity contribution >= 4 is 5.91 Å². The molecule has 0 saturated carbocycles. The van der Waals surface area contributed by atoms with Crippen LogP contribution in [0.15, 0.2) is 52.9 Å². The van der Waals surface area contributed by atoms with Crippen LogP contribution in [0.2, 0.25) is 0 Å². The molecule has 0 bridgehead atoms. The zero-order valence-electron chi connectivity index (χ0n) is 20.1. The summed E-state index contributed by atoms with van der Waals surface area (Å²) in [6.45, 7) is 5.27. The lowest BCUT2D eigenvalue weighted by Crippen LogP contribution is -2.48. The number of aromatic nitrogens is 6. The molecule has 3 aromatic rings. The number of carbonyl (C=O) groups excluding carboxylic acids is 1. The average molecular weight is 515 g/mol. The summed E-state index contributed by atoms with van der Waals surface area (Å²) in [5, 5.41) is 15.0. The van der Waals surface area contributed by atoms with Crippen molar-refractivity contribution in [3.8, 4) is 11.5 Å². The van der Waals surface area contributed by atoms with Gasteiger partial charge in [-0.25, -0.2) is 4.68 Å². The molecular weight excluding hydrogens is 489 g/mol. The van der Waals surface area contributed by atoms with Crippen LogP contribution in [0.5, 0.6) is 0 Å². The number of allylic oxidation sites excluding steroid dienone is 3. The predicted octanol–water partition coefficient (Wildman–Crippen LogP) is 3.27. The van der Waals surface area contributed by atoms with Crippen LogP contribution >= 0.6 is 0 Å². The van der Waals surface area contributed by atoms with Crippen molar-refractivity contribution in [1.82, 2.24) is 40.0 Å². The maximum Gasteiger partial charge on any atom is 0.470 e. The number of halogens is 3. The maximum atomic E-state index is 12.7. The van der Waals surface area contributed by atoms with Gasteiger partial charge in [0, 0.05) is 56.6 Å². The van der Waals surface area contributed by atoms with Gasteiger partial charge in [0.05, 0.1) is 23.5 Å². The van der Waals surface area contributed by atoms with Crippen molar-refractivity contribution in [1.29, 1.82) is 0 Å². The Kier molecular flexibility index (Phi) is 6.76. The molecular formula is C24H25F3N8O2. The van der Waals surface area contributed by atoms with Crippen LogP contribution in [0.25, 0.3) is 11.5 Å². The summed E-state index contributed by atoms with van der Waals surface area (Å²) in [4.78, 5) is 20.4. The monoisotopic (exact) mass is 514 g/mol. The number of carbonyl (C=O) groups is 1. The molecule has 1 aliphatic carbocycles. The molecule has 1 saturated heterocycles. The molecule has 1 fully saturated rings. The molecule has 1 amide bonds. The van der Waals surface area contributed by atoms with E-state index in [1.165, 1.54) is 6.20 Å². The largest absolute Gasteiger partial charge is 0.470 e. The second-order valence-electron chi connectivity index (χ2n) is 8.85. The summed E-state index contributed by atoms with van der Waals surface area (Å²) in [5.74, 6) is -1.37. The smallest absolute Gasteiger partial charge is 0.413 e. The molecule has 194 valence electrons. The minimum Gasteiger partial charge on any atom is -0.413 e. The fourth-order valence-electron chi connectivity index (χ4n) is 4.35. The van der Waals surface area contributed by atoms with Crippen LogP contribution in [0, 0.1) is 0 Å². The topological polar surface area (TPSA) is 106 Å². The molecule has 3 aromatic heterocycles. The first-order valence-corrected chi connectivity index (χ1v) is 12.0. The van der Waals surface area contributed by atoms with Crippen LogP contribution in [-0.4, -0.2) is 72.1 Å². The average Bonchev–Trinajstić information content (AvgIpc) is 3.59. The van der Waals surface area contributed by atoms with Crippen LogP contribution in [0.1, 0.15) is 43.0 Å². The summed E-state index contributed by atoms with van der Waals surface area (Å²) in [5.41, 5.74) is 2.90. The van der Waals surface area contributed by atoms with Gasteiger partial charge in [0.15, 0.2) is 0 Å².